The third-order valence-corrected chi connectivity index (χ3v) is 3.44. The van der Waals surface area contributed by atoms with Crippen molar-refractivity contribution in [3.63, 3.8) is 0 Å². The van der Waals surface area contributed by atoms with Gasteiger partial charge in [0, 0.05) is 13.1 Å². The van der Waals surface area contributed by atoms with Gasteiger partial charge in [-0.15, -0.1) is 0 Å². The molecule has 21 heavy (non-hydrogen) atoms. The summed E-state index contributed by atoms with van der Waals surface area (Å²) < 4.78 is 5.77. The molecule has 0 fully saturated rings. The molecule has 4 nitrogen and oxygen atoms in total. The molecule has 0 aliphatic heterocycles. The maximum atomic E-state index is 11.9. The SMILES string of the molecule is CCN(CC)C(=O)NCOc1ccc(C)cc1C(C)(C)C. The summed E-state index contributed by atoms with van der Waals surface area (Å²) in [6.45, 7) is 14.0. The number of urea groups is 1. The Bertz CT molecular complexity index is 474. The van der Waals surface area contributed by atoms with E-state index in [2.05, 4.69) is 39.1 Å². The second-order valence-electron chi connectivity index (χ2n) is 6.19. The number of ether oxygens (including phenoxy) is 1. The van der Waals surface area contributed by atoms with Crippen molar-refractivity contribution in [1.82, 2.24) is 10.2 Å². The maximum Gasteiger partial charge on any atom is 0.319 e. The second kappa shape index (κ2) is 7.34. The summed E-state index contributed by atoms with van der Waals surface area (Å²) in [5, 5.41) is 2.79. The number of amides is 2. The monoisotopic (exact) mass is 292 g/mol. The van der Waals surface area contributed by atoms with E-state index in [4.69, 9.17) is 4.74 Å². The van der Waals surface area contributed by atoms with Gasteiger partial charge in [-0.25, -0.2) is 4.79 Å². The highest BCUT2D eigenvalue weighted by atomic mass is 16.5. The lowest BCUT2D eigenvalue weighted by atomic mass is 9.85. The van der Waals surface area contributed by atoms with Gasteiger partial charge in [0.2, 0.25) is 0 Å². The molecule has 0 unspecified atom stereocenters. The van der Waals surface area contributed by atoms with Crippen molar-refractivity contribution in [2.75, 3.05) is 19.8 Å². The summed E-state index contributed by atoms with van der Waals surface area (Å²) >= 11 is 0. The number of benzene rings is 1. The first-order chi connectivity index (χ1) is 9.79. The van der Waals surface area contributed by atoms with Gasteiger partial charge in [-0.2, -0.15) is 0 Å². The first-order valence-electron chi connectivity index (χ1n) is 7.56. The van der Waals surface area contributed by atoms with E-state index in [0.717, 1.165) is 11.3 Å². The normalized spacial score (nSPS) is 11.1. The molecule has 0 atom stereocenters. The topological polar surface area (TPSA) is 41.6 Å². The van der Waals surface area contributed by atoms with Crippen LogP contribution in [-0.4, -0.2) is 30.8 Å². The van der Waals surface area contributed by atoms with Crippen molar-refractivity contribution >= 4 is 6.03 Å². The fourth-order valence-electron chi connectivity index (χ4n) is 2.15. The van der Waals surface area contributed by atoms with Gasteiger partial charge < -0.3 is 15.0 Å². The van der Waals surface area contributed by atoms with E-state index in [0.29, 0.717) is 13.1 Å². The first kappa shape index (κ1) is 17.3. The Morgan fingerprint density at radius 1 is 1.24 bits per heavy atom. The van der Waals surface area contributed by atoms with Gasteiger partial charge in [-0.1, -0.05) is 38.5 Å². The number of hydrogen-bond acceptors (Lipinski definition) is 2. The van der Waals surface area contributed by atoms with Crippen molar-refractivity contribution in [2.24, 2.45) is 0 Å². The molecule has 1 rings (SSSR count). The minimum atomic E-state index is -0.0931. The Balaban J connectivity index is 2.70. The fourth-order valence-corrected chi connectivity index (χ4v) is 2.15. The van der Waals surface area contributed by atoms with E-state index in [-0.39, 0.29) is 18.2 Å². The molecule has 0 aliphatic carbocycles. The Morgan fingerprint density at radius 2 is 1.86 bits per heavy atom. The number of carbonyl (C=O) groups is 1. The lowest BCUT2D eigenvalue weighted by Gasteiger charge is -2.24. The zero-order valence-corrected chi connectivity index (χ0v) is 14.1. The molecule has 118 valence electrons. The summed E-state index contributed by atoms with van der Waals surface area (Å²) in [5.41, 5.74) is 2.36. The van der Waals surface area contributed by atoms with Crippen LogP contribution in [0.2, 0.25) is 0 Å². The van der Waals surface area contributed by atoms with Gasteiger partial charge >= 0.3 is 6.03 Å². The number of rotatable bonds is 5. The van der Waals surface area contributed by atoms with Crippen molar-refractivity contribution in [2.45, 2.75) is 47.0 Å². The zero-order valence-electron chi connectivity index (χ0n) is 14.1. The second-order valence-corrected chi connectivity index (χ2v) is 6.19. The summed E-state index contributed by atoms with van der Waals surface area (Å²) in [4.78, 5) is 13.6. The number of carbonyl (C=O) groups excluding carboxylic acids is 1. The molecule has 0 bridgehead atoms. The molecule has 1 aromatic rings. The number of nitrogens with one attached hydrogen (secondary N) is 1. The van der Waals surface area contributed by atoms with Gasteiger partial charge in [0.1, 0.15) is 5.75 Å². The Labute approximate surface area is 128 Å². The van der Waals surface area contributed by atoms with Gasteiger partial charge in [-0.05, 0) is 37.8 Å². The van der Waals surface area contributed by atoms with E-state index >= 15 is 0 Å². The Morgan fingerprint density at radius 3 is 2.38 bits per heavy atom. The van der Waals surface area contributed by atoms with Crippen LogP contribution < -0.4 is 10.1 Å². The molecule has 4 heteroatoms. The van der Waals surface area contributed by atoms with Crippen LogP contribution in [0.5, 0.6) is 5.75 Å². The molecule has 0 saturated heterocycles. The third-order valence-electron chi connectivity index (χ3n) is 3.44. The minimum absolute atomic E-state index is 0.00420. The average molecular weight is 292 g/mol. The molecular weight excluding hydrogens is 264 g/mol. The van der Waals surface area contributed by atoms with Gasteiger partial charge in [0.25, 0.3) is 0 Å². The summed E-state index contributed by atoms with van der Waals surface area (Å²) in [6.07, 6.45) is 0. The number of aryl methyl sites for hydroxylation is 1. The van der Waals surface area contributed by atoms with Crippen LogP contribution in [0, 0.1) is 6.92 Å². The summed E-state index contributed by atoms with van der Waals surface area (Å²) in [7, 11) is 0. The molecule has 0 aromatic heterocycles. The molecule has 1 aromatic carbocycles. The lowest BCUT2D eigenvalue weighted by Crippen LogP contribution is -2.41. The lowest BCUT2D eigenvalue weighted by molar-refractivity contribution is 0.188. The van der Waals surface area contributed by atoms with E-state index < -0.39 is 0 Å². The third kappa shape index (κ3) is 4.96. The predicted molar refractivity (Wildman–Crippen MR) is 86.8 cm³/mol. The van der Waals surface area contributed by atoms with Gasteiger partial charge in [-0.3, -0.25) is 0 Å². The van der Waals surface area contributed by atoms with Gasteiger partial charge in [0.05, 0.1) is 0 Å². The van der Waals surface area contributed by atoms with Crippen LogP contribution in [0.1, 0.15) is 45.7 Å². The first-order valence-corrected chi connectivity index (χ1v) is 7.56. The maximum absolute atomic E-state index is 11.9. The Kier molecular flexibility index (Phi) is 6.06. The molecule has 1 N–H and O–H groups in total. The molecule has 0 aliphatic rings. The van der Waals surface area contributed by atoms with Crippen LogP contribution in [0.3, 0.4) is 0 Å². The van der Waals surface area contributed by atoms with E-state index in [1.807, 2.05) is 26.0 Å². The van der Waals surface area contributed by atoms with Crippen LogP contribution in [0.15, 0.2) is 18.2 Å². The highest BCUT2D eigenvalue weighted by molar-refractivity contribution is 5.73. The largest absolute Gasteiger partial charge is 0.473 e. The van der Waals surface area contributed by atoms with E-state index in [9.17, 15) is 4.79 Å². The quantitative estimate of drug-likeness (QED) is 0.841. The predicted octanol–water partition coefficient (Wildman–Crippen LogP) is 3.68. The minimum Gasteiger partial charge on any atom is -0.473 e. The van der Waals surface area contributed by atoms with Crippen LogP contribution in [-0.2, 0) is 5.41 Å². The standard InChI is InChI=1S/C17H28N2O2/c1-7-19(8-2)16(20)18-12-21-15-10-9-13(3)11-14(15)17(4,5)6/h9-11H,7-8,12H2,1-6H3,(H,18,20). The smallest absolute Gasteiger partial charge is 0.319 e. The zero-order chi connectivity index (χ0) is 16.0. The molecule has 0 saturated carbocycles. The van der Waals surface area contributed by atoms with Crippen LogP contribution >= 0.6 is 0 Å². The summed E-state index contributed by atoms with van der Waals surface area (Å²) in [5.74, 6) is 0.827. The molecule has 0 spiro atoms. The summed E-state index contributed by atoms with van der Waals surface area (Å²) in [6, 6.07) is 6.04. The molecular formula is C17H28N2O2. The highest BCUT2D eigenvalue weighted by Gasteiger charge is 2.19. The Hall–Kier alpha value is -1.71. The highest BCUT2D eigenvalue weighted by Crippen LogP contribution is 2.31. The fraction of sp³-hybridized carbons (Fsp3) is 0.588. The van der Waals surface area contributed by atoms with Gasteiger partial charge in [0.15, 0.2) is 6.73 Å². The van der Waals surface area contributed by atoms with Crippen LogP contribution in [0.25, 0.3) is 0 Å². The molecule has 0 heterocycles. The average Bonchev–Trinajstić information content (AvgIpc) is 2.40. The van der Waals surface area contributed by atoms with Crippen molar-refractivity contribution in [3.8, 4) is 5.75 Å². The van der Waals surface area contributed by atoms with E-state index in [1.54, 1.807) is 4.90 Å². The van der Waals surface area contributed by atoms with Crippen LogP contribution in [0.4, 0.5) is 4.79 Å². The molecule has 0 radical (unpaired) electrons. The van der Waals surface area contributed by atoms with Crippen molar-refractivity contribution in [3.05, 3.63) is 29.3 Å². The van der Waals surface area contributed by atoms with Crippen molar-refractivity contribution < 1.29 is 9.53 Å². The number of hydrogen-bond donors (Lipinski definition) is 1. The van der Waals surface area contributed by atoms with Crippen molar-refractivity contribution in [1.29, 1.82) is 0 Å². The number of nitrogens with zero attached hydrogens (tertiary/aromatic N) is 1. The van der Waals surface area contributed by atoms with E-state index in [1.165, 1.54) is 5.56 Å². The molecule has 2 amide bonds.